The summed E-state index contributed by atoms with van der Waals surface area (Å²) < 4.78 is 0. The maximum atomic E-state index is 12.1. The van der Waals surface area contributed by atoms with Crippen molar-refractivity contribution in [3.05, 3.63) is 29.8 Å². The SMILES string of the molecule is O=C(CCC1Cc2ccccc2NC1=O)NC(C(=O)O)C1CC1. The van der Waals surface area contributed by atoms with E-state index in [9.17, 15) is 14.4 Å². The standard InChI is InChI=1S/C17H20N2O4/c20-14(19-15(17(22)23)10-5-6-10)8-7-12-9-11-3-1-2-4-13(11)18-16(12)21/h1-4,10,12,15H,5-9H2,(H,18,21)(H,19,20)(H,22,23). The van der Waals surface area contributed by atoms with Gasteiger partial charge in [0.15, 0.2) is 0 Å². The number of aliphatic carboxylic acids is 1. The molecule has 0 saturated heterocycles. The molecule has 0 bridgehead atoms. The second-order valence-electron chi connectivity index (χ2n) is 6.31. The highest BCUT2D eigenvalue weighted by atomic mass is 16.4. The first-order valence-corrected chi connectivity index (χ1v) is 7.95. The largest absolute Gasteiger partial charge is 0.480 e. The van der Waals surface area contributed by atoms with Crippen LogP contribution in [0.1, 0.15) is 31.2 Å². The van der Waals surface area contributed by atoms with Crippen molar-refractivity contribution in [2.24, 2.45) is 11.8 Å². The van der Waals surface area contributed by atoms with Gasteiger partial charge in [0.25, 0.3) is 0 Å². The molecule has 0 spiro atoms. The van der Waals surface area contributed by atoms with Crippen LogP contribution >= 0.6 is 0 Å². The summed E-state index contributed by atoms with van der Waals surface area (Å²) in [6.45, 7) is 0. The average molecular weight is 316 g/mol. The molecule has 6 nitrogen and oxygen atoms in total. The zero-order chi connectivity index (χ0) is 16.4. The number of rotatable bonds is 6. The van der Waals surface area contributed by atoms with E-state index in [2.05, 4.69) is 10.6 Å². The number of para-hydroxylation sites is 1. The van der Waals surface area contributed by atoms with E-state index in [0.29, 0.717) is 12.8 Å². The fourth-order valence-corrected chi connectivity index (χ4v) is 3.01. The minimum atomic E-state index is -0.981. The van der Waals surface area contributed by atoms with Crippen molar-refractivity contribution in [1.82, 2.24) is 5.32 Å². The lowest BCUT2D eigenvalue weighted by molar-refractivity contribution is -0.142. The molecule has 1 aliphatic carbocycles. The lowest BCUT2D eigenvalue weighted by Crippen LogP contribution is -2.42. The predicted octanol–water partition coefficient (Wildman–Crippen LogP) is 1.56. The summed E-state index contributed by atoms with van der Waals surface area (Å²) in [5.41, 5.74) is 1.90. The van der Waals surface area contributed by atoms with Gasteiger partial charge in [0.05, 0.1) is 0 Å². The van der Waals surface area contributed by atoms with Crippen LogP contribution in [0.2, 0.25) is 0 Å². The zero-order valence-corrected chi connectivity index (χ0v) is 12.7. The topological polar surface area (TPSA) is 95.5 Å². The highest BCUT2D eigenvalue weighted by Crippen LogP contribution is 2.33. The van der Waals surface area contributed by atoms with E-state index in [1.807, 2.05) is 24.3 Å². The molecule has 0 radical (unpaired) electrons. The minimum absolute atomic E-state index is 0.0568. The Kier molecular flexibility index (Phi) is 4.32. The summed E-state index contributed by atoms with van der Waals surface area (Å²) in [4.78, 5) is 35.2. The fraction of sp³-hybridized carbons (Fsp3) is 0.471. The molecule has 2 atom stereocenters. The Bertz CT molecular complexity index is 639. The number of benzene rings is 1. The van der Waals surface area contributed by atoms with E-state index in [0.717, 1.165) is 24.1 Å². The predicted molar refractivity (Wildman–Crippen MR) is 83.8 cm³/mol. The van der Waals surface area contributed by atoms with Gasteiger partial charge in [-0.1, -0.05) is 18.2 Å². The minimum Gasteiger partial charge on any atom is -0.480 e. The smallest absolute Gasteiger partial charge is 0.326 e. The van der Waals surface area contributed by atoms with Crippen molar-refractivity contribution in [2.45, 2.75) is 38.1 Å². The number of amides is 2. The van der Waals surface area contributed by atoms with Crippen LogP contribution in [0.4, 0.5) is 5.69 Å². The second kappa shape index (κ2) is 6.40. The van der Waals surface area contributed by atoms with Gasteiger partial charge in [-0.2, -0.15) is 0 Å². The van der Waals surface area contributed by atoms with Crippen LogP contribution in [-0.2, 0) is 20.8 Å². The fourth-order valence-electron chi connectivity index (χ4n) is 3.01. The van der Waals surface area contributed by atoms with Crippen molar-refractivity contribution >= 4 is 23.5 Å². The van der Waals surface area contributed by atoms with Crippen molar-refractivity contribution < 1.29 is 19.5 Å². The van der Waals surface area contributed by atoms with Crippen LogP contribution < -0.4 is 10.6 Å². The first-order chi connectivity index (χ1) is 11.0. The molecule has 1 fully saturated rings. The number of carboxylic acids is 1. The van der Waals surface area contributed by atoms with Crippen LogP contribution in [0.15, 0.2) is 24.3 Å². The van der Waals surface area contributed by atoms with E-state index in [1.165, 1.54) is 0 Å². The number of carbonyl (C=O) groups excluding carboxylic acids is 2. The van der Waals surface area contributed by atoms with E-state index in [1.54, 1.807) is 0 Å². The Morgan fingerprint density at radius 1 is 1.30 bits per heavy atom. The van der Waals surface area contributed by atoms with Crippen LogP contribution in [0.25, 0.3) is 0 Å². The maximum absolute atomic E-state index is 12.1. The average Bonchev–Trinajstić information content (AvgIpc) is 3.35. The van der Waals surface area contributed by atoms with Crippen LogP contribution in [0.5, 0.6) is 0 Å². The first-order valence-electron chi connectivity index (χ1n) is 7.95. The van der Waals surface area contributed by atoms with Gasteiger partial charge in [-0.05, 0) is 43.2 Å². The third-order valence-electron chi connectivity index (χ3n) is 4.51. The Morgan fingerprint density at radius 3 is 2.74 bits per heavy atom. The van der Waals surface area contributed by atoms with Crippen molar-refractivity contribution in [1.29, 1.82) is 0 Å². The number of fused-ring (bicyclic) bond motifs is 1. The summed E-state index contributed by atoms with van der Waals surface area (Å²) in [5.74, 6) is -1.55. The third-order valence-corrected chi connectivity index (χ3v) is 4.51. The molecule has 23 heavy (non-hydrogen) atoms. The van der Waals surface area contributed by atoms with Crippen LogP contribution in [0.3, 0.4) is 0 Å². The summed E-state index contributed by atoms with van der Waals surface area (Å²) in [6.07, 6.45) is 2.89. The highest BCUT2D eigenvalue weighted by Gasteiger charge is 2.37. The number of carbonyl (C=O) groups is 3. The first kappa shape index (κ1) is 15.5. The van der Waals surface area contributed by atoms with Gasteiger partial charge in [0.2, 0.25) is 11.8 Å². The Balaban J connectivity index is 1.53. The van der Waals surface area contributed by atoms with Crippen molar-refractivity contribution in [3.63, 3.8) is 0 Å². The molecule has 0 aromatic heterocycles. The van der Waals surface area contributed by atoms with Crippen molar-refractivity contribution in [3.8, 4) is 0 Å². The zero-order valence-electron chi connectivity index (χ0n) is 12.7. The summed E-state index contributed by atoms with van der Waals surface area (Å²) in [6, 6.07) is 6.84. The number of nitrogens with one attached hydrogen (secondary N) is 2. The Hall–Kier alpha value is -2.37. The third kappa shape index (κ3) is 3.70. The summed E-state index contributed by atoms with van der Waals surface area (Å²) in [5, 5.41) is 14.6. The molecule has 3 rings (SSSR count). The highest BCUT2D eigenvalue weighted by molar-refractivity contribution is 5.96. The van der Waals surface area contributed by atoms with Gasteiger partial charge in [-0.15, -0.1) is 0 Å². The molecular formula is C17H20N2O4. The second-order valence-corrected chi connectivity index (χ2v) is 6.31. The molecular weight excluding hydrogens is 296 g/mol. The van der Waals surface area contributed by atoms with Gasteiger partial charge in [-0.3, -0.25) is 9.59 Å². The van der Waals surface area contributed by atoms with Gasteiger partial charge in [0, 0.05) is 18.0 Å². The number of hydrogen-bond donors (Lipinski definition) is 3. The lowest BCUT2D eigenvalue weighted by atomic mass is 9.89. The molecule has 1 heterocycles. The molecule has 122 valence electrons. The normalized spacial score (nSPS) is 21.0. The van der Waals surface area contributed by atoms with Gasteiger partial charge in [0.1, 0.15) is 6.04 Å². The molecule has 1 aromatic rings. The molecule has 6 heteroatoms. The van der Waals surface area contributed by atoms with Gasteiger partial charge in [-0.25, -0.2) is 4.79 Å². The summed E-state index contributed by atoms with van der Waals surface area (Å²) in [7, 11) is 0. The van der Waals surface area contributed by atoms with E-state index >= 15 is 0 Å². The van der Waals surface area contributed by atoms with E-state index in [4.69, 9.17) is 5.11 Å². The molecule has 1 aromatic carbocycles. The van der Waals surface area contributed by atoms with Gasteiger partial charge >= 0.3 is 5.97 Å². The summed E-state index contributed by atoms with van der Waals surface area (Å²) >= 11 is 0. The molecule has 2 amide bonds. The Labute approximate surface area is 134 Å². The Morgan fingerprint density at radius 2 is 2.04 bits per heavy atom. The van der Waals surface area contributed by atoms with E-state index < -0.39 is 12.0 Å². The van der Waals surface area contributed by atoms with Crippen LogP contribution in [0, 0.1) is 11.8 Å². The van der Waals surface area contributed by atoms with E-state index in [-0.39, 0.29) is 30.1 Å². The monoisotopic (exact) mass is 316 g/mol. The maximum Gasteiger partial charge on any atom is 0.326 e. The molecule has 1 saturated carbocycles. The number of anilines is 1. The van der Waals surface area contributed by atoms with Crippen molar-refractivity contribution in [2.75, 3.05) is 5.32 Å². The molecule has 1 aliphatic heterocycles. The van der Waals surface area contributed by atoms with Crippen LogP contribution in [-0.4, -0.2) is 28.9 Å². The quantitative estimate of drug-likeness (QED) is 0.742. The molecule has 2 unspecified atom stereocenters. The lowest BCUT2D eigenvalue weighted by Gasteiger charge is -2.24. The molecule has 2 aliphatic rings. The number of carboxylic acid groups (broad SMARTS) is 1. The van der Waals surface area contributed by atoms with Gasteiger partial charge < -0.3 is 15.7 Å². The molecule has 3 N–H and O–H groups in total. The number of hydrogen-bond acceptors (Lipinski definition) is 3.